The molecule has 124 valence electrons. The number of aryl methyl sites for hydroxylation is 2. The highest BCUT2D eigenvalue weighted by Crippen LogP contribution is 2.14. The van der Waals surface area contributed by atoms with Crippen LogP contribution >= 0.6 is 0 Å². The number of nitrogens with zero attached hydrogens (tertiary/aromatic N) is 3. The van der Waals surface area contributed by atoms with Crippen LogP contribution in [-0.2, 0) is 21.4 Å². The van der Waals surface area contributed by atoms with Crippen molar-refractivity contribution in [2.75, 3.05) is 13.1 Å². The van der Waals surface area contributed by atoms with Gasteiger partial charge in [-0.25, -0.2) is 9.59 Å². The van der Waals surface area contributed by atoms with Gasteiger partial charge < -0.3 is 10.1 Å². The maximum atomic E-state index is 12.0. The third-order valence-corrected chi connectivity index (χ3v) is 3.71. The van der Waals surface area contributed by atoms with Crippen molar-refractivity contribution in [2.24, 2.45) is 7.05 Å². The summed E-state index contributed by atoms with van der Waals surface area (Å²) in [5, 5.41) is 6.77. The molecule has 8 heteroatoms. The zero-order valence-electron chi connectivity index (χ0n) is 13.6. The molecule has 0 aliphatic carbocycles. The van der Waals surface area contributed by atoms with E-state index < -0.39 is 24.0 Å². The van der Waals surface area contributed by atoms with Gasteiger partial charge in [-0.2, -0.15) is 5.10 Å². The number of carbonyl (C=O) groups excluding carboxylic acids is 3. The topological polar surface area (TPSA) is 93.5 Å². The second-order valence-electron chi connectivity index (χ2n) is 5.34. The van der Waals surface area contributed by atoms with Crippen molar-refractivity contribution in [1.82, 2.24) is 20.0 Å². The number of rotatable bonds is 4. The number of amides is 3. The summed E-state index contributed by atoms with van der Waals surface area (Å²) in [6, 6.07) is -0.463. The van der Waals surface area contributed by atoms with Gasteiger partial charge in [0.05, 0.1) is 5.69 Å². The van der Waals surface area contributed by atoms with Crippen LogP contribution in [0.25, 0.3) is 6.08 Å². The molecule has 8 nitrogen and oxygen atoms in total. The van der Waals surface area contributed by atoms with Gasteiger partial charge in [-0.15, -0.1) is 0 Å². The second-order valence-corrected chi connectivity index (χ2v) is 5.34. The van der Waals surface area contributed by atoms with Crippen LogP contribution in [-0.4, -0.2) is 51.8 Å². The van der Waals surface area contributed by atoms with Gasteiger partial charge in [-0.3, -0.25) is 14.4 Å². The van der Waals surface area contributed by atoms with E-state index in [4.69, 9.17) is 4.74 Å². The van der Waals surface area contributed by atoms with E-state index in [1.54, 1.807) is 10.8 Å². The summed E-state index contributed by atoms with van der Waals surface area (Å²) in [7, 11) is 1.82. The second kappa shape index (κ2) is 6.64. The van der Waals surface area contributed by atoms with Gasteiger partial charge in [0.2, 0.25) is 0 Å². The third kappa shape index (κ3) is 3.58. The first-order valence-corrected chi connectivity index (χ1v) is 7.29. The molecule has 0 saturated carbocycles. The molecule has 0 spiro atoms. The first kappa shape index (κ1) is 16.7. The van der Waals surface area contributed by atoms with Crippen LogP contribution in [0.4, 0.5) is 4.79 Å². The fraction of sp³-hybridized carbons (Fsp3) is 0.467. The van der Waals surface area contributed by atoms with E-state index >= 15 is 0 Å². The Morgan fingerprint density at radius 1 is 1.39 bits per heavy atom. The monoisotopic (exact) mass is 320 g/mol. The highest BCUT2D eigenvalue weighted by molar-refractivity contribution is 5.99. The molecule has 1 aromatic rings. The number of aromatic nitrogens is 2. The summed E-state index contributed by atoms with van der Waals surface area (Å²) < 4.78 is 6.78. The fourth-order valence-electron chi connectivity index (χ4n) is 2.35. The molecule has 23 heavy (non-hydrogen) atoms. The van der Waals surface area contributed by atoms with Gasteiger partial charge >= 0.3 is 12.0 Å². The number of urea groups is 1. The number of imide groups is 1. The minimum absolute atomic E-state index is 0.281. The number of hydrogen-bond donors (Lipinski definition) is 1. The van der Waals surface area contributed by atoms with Gasteiger partial charge in [0, 0.05) is 37.5 Å². The average molecular weight is 320 g/mol. The highest BCUT2D eigenvalue weighted by atomic mass is 16.5. The fourth-order valence-corrected chi connectivity index (χ4v) is 2.35. The van der Waals surface area contributed by atoms with Gasteiger partial charge in [0.1, 0.15) is 0 Å². The van der Waals surface area contributed by atoms with Crippen LogP contribution in [0.15, 0.2) is 6.08 Å². The minimum atomic E-state index is -1.02. The quantitative estimate of drug-likeness (QED) is 0.645. The average Bonchev–Trinajstić information content (AvgIpc) is 3.01. The van der Waals surface area contributed by atoms with E-state index in [1.165, 1.54) is 13.0 Å². The van der Waals surface area contributed by atoms with Gasteiger partial charge in [0.15, 0.2) is 6.10 Å². The largest absolute Gasteiger partial charge is 0.449 e. The Morgan fingerprint density at radius 3 is 2.61 bits per heavy atom. The smallest absolute Gasteiger partial charge is 0.331 e. The zero-order chi connectivity index (χ0) is 17.1. The first-order chi connectivity index (χ1) is 10.8. The van der Waals surface area contributed by atoms with Crippen LogP contribution in [0.2, 0.25) is 0 Å². The highest BCUT2D eigenvalue weighted by Gasteiger charge is 2.31. The normalized spacial score (nSPS) is 15.8. The number of ether oxygens (including phenoxy) is 1. The summed E-state index contributed by atoms with van der Waals surface area (Å²) in [5.41, 5.74) is 2.55. The standard InChI is InChI=1S/C15H20N4O4/c1-9-12(10(2)18(4)17-9)5-6-13(20)23-11(3)14(21)19-8-7-16-15(19)22/h5-6,11H,7-8H2,1-4H3,(H,16,22)/b6-5+/t11-/m0/s1. The lowest BCUT2D eigenvalue weighted by molar-refractivity contribution is -0.153. The molecule has 0 aromatic carbocycles. The molecule has 0 radical (unpaired) electrons. The Balaban J connectivity index is 1.97. The Labute approximate surface area is 134 Å². The van der Waals surface area contributed by atoms with Crippen LogP contribution in [0.3, 0.4) is 0 Å². The molecule has 1 saturated heterocycles. The maximum absolute atomic E-state index is 12.0. The summed E-state index contributed by atoms with van der Waals surface area (Å²) in [4.78, 5) is 36.3. The molecule has 0 unspecified atom stereocenters. The molecule has 2 rings (SSSR count). The van der Waals surface area contributed by atoms with E-state index in [9.17, 15) is 14.4 Å². The molecule has 1 aliphatic rings. The summed E-state index contributed by atoms with van der Waals surface area (Å²) >= 11 is 0. The lowest BCUT2D eigenvalue weighted by atomic mass is 10.2. The molecular formula is C15H20N4O4. The van der Waals surface area contributed by atoms with E-state index in [0.717, 1.165) is 21.9 Å². The molecule has 1 fully saturated rings. The van der Waals surface area contributed by atoms with Crippen molar-refractivity contribution in [1.29, 1.82) is 0 Å². The van der Waals surface area contributed by atoms with Crippen molar-refractivity contribution in [3.05, 3.63) is 23.0 Å². The van der Waals surface area contributed by atoms with Crippen LogP contribution < -0.4 is 5.32 Å². The summed E-state index contributed by atoms with van der Waals surface area (Å²) in [6.45, 7) is 5.87. The Morgan fingerprint density at radius 2 is 2.09 bits per heavy atom. The van der Waals surface area contributed by atoms with E-state index in [1.807, 2.05) is 20.9 Å². The van der Waals surface area contributed by atoms with Crippen molar-refractivity contribution in [3.63, 3.8) is 0 Å². The van der Waals surface area contributed by atoms with E-state index in [0.29, 0.717) is 6.54 Å². The van der Waals surface area contributed by atoms with Crippen LogP contribution in [0, 0.1) is 13.8 Å². The van der Waals surface area contributed by atoms with Gasteiger partial charge in [-0.1, -0.05) is 0 Å². The number of carbonyl (C=O) groups is 3. The van der Waals surface area contributed by atoms with Crippen LogP contribution in [0.1, 0.15) is 23.9 Å². The Kier molecular flexibility index (Phi) is 4.83. The summed E-state index contributed by atoms with van der Waals surface area (Å²) in [6.07, 6.45) is 1.84. The van der Waals surface area contributed by atoms with E-state index in [2.05, 4.69) is 10.4 Å². The lowest BCUT2D eigenvalue weighted by Gasteiger charge is -2.17. The van der Waals surface area contributed by atoms with Crippen molar-refractivity contribution >= 4 is 24.0 Å². The predicted molar refractivity (Wildman–Crippen MR) is 82.4 cm³/mol. The number of hydrogen-bond acceptors (Lipinski definition) is 5. The molecular weight excluding hydrogens is 300 g/mol. The first-order valence-electron chi connectivity index (χ1n) is 7.29. The van der Waals surface area contributed by atoms with Gasteiger partial charge in [0.25, 0.3) is 5.91 Å². The minimum Gasteiger partial charge on any atom is -0.449 e. The Bertz CT molecular complexity index is 677. The van der Waals surface area contributed by atoms with Crippen molar-refractivity contribution < 1.29 is 19.1 Å². The molecule has 1 aliphatic heterocycles. The van der Waals surface area contributed by atoms with E-state index in [-0.39, 0.29) is 6.54 Å². The third-order valence-electron chi connectivity index (χ3n) is 3.71. The number of nitrogens with one attached hydrogen (secondary N) is 1. The molecule has 1 atom stereocenters. The lowest BCUT2D eigenvalue weighted by Crippen LogP contribution is -2.41. The maximum Gasteiger partial charge on any atom is 0.331 e. The SMILES string of the molecule is Cc1nn(C)c(C)c1/C=C/C(=O)O[C@@H](C)C(=O)N1CCNC1=O. The predicted octanol–water partition coefficient (Wildman–Crippen LogP) is 0.534. The molecule has 2 heterocycles. The molecule has 0 bridgehead atoms. The van der Waals surface area contributed by atoms with Gasteiger partial charge in [-0.05, 0) is 26.8 Å². The summed E-state index contributed by atoms with van der Waals surface area (Å²) in [5.74, 6) is -1.18. The molecule has 1 aromatic heterocycles. The zero-order valence-corrected chi connectivity index (χ0v) is 13.6. The van der Waals surface area contributed by atoms with Crippen molar-refractivity contribution in [2.45, 2.75) is 26.9 Å². The molecule has 1 N–H and O–H groups in total. The number of esters is 1. The Hall–Kier alpha value is -2.64. The van der Waals surface area contributed by atoms with Crippen LogP contribution in [0.5, 0.6) is 0 Å². The molecule has 3 amide bonds. The van der Waals surface area contributed by atoms with Crippen molar-refractivity contribution in [3.8, 4) is 0 Å².